The quantitative estimate of drug-likeness (QED) is 0.779. The highest BCUT2D eigenvalue weighted by Crippen LogP contribution is 2.28. The van der Waals surface area contributed by atoms with Crippen LogP contribution in [0.15, 0.2) is 30.3 Å². The number of halogens is 1. The molecule has 0 aliphatic carbocycles. The number of cyclic esters (lactones) is 1. The molecular weight excluding hydrogens is 362 g/mol. The number of nitrogens with zero attached hydrogens (tertiary/aromatic N) is 1. The van der Waals surface area contributed by atoms with Gasteiger partial charge in [-0.1, -0.05) is 30.3 Å². The highest BCUT2D eigenvalue weighted by molar-refractivity contribution is 6.32. The summed E-state index contributed by atoms with van der Waals surface area (Å²) in [4.78, 5) is 25.8. The molecule has 26 heavy (non-hydrogen) atoms. The van der Waals surface area contributed by atoms with Crippen molar-refractivity contribution in [3.05, 3.63) is 35.9 Å². The highest BCUT2D eigenvalue weighted by atomic mass is 35.5. The van der Waals surface area contributed by atoms with E-state index in [1.807, 2.05) is 30.3 Å². The van der Waals surface area contributed by atoms with Crippen molar-refractivity contribution in [2.24, 2.45) is 0 Å². The van der Waals surface area contributed by atoms with Crippen LogP contribution in [-0.4, -0.2) is 64.6 Å². The minimum Gasteiger partial charge on any atom is -0.447 e. The molecule has 0 spiro atoms. The van der Waals surface area contributed by atoms with Crippen molar-refractivity contribution in [1.82, 2.24) is 4.90 Å². The van der Waals surface area contributed by atoms with Crippen LogP contribution in [0.25, 0.3) is 0 Å². The van der Waals surface area contributed by atoms with Gasteiger partial charge in [0.2, 0.25) is 0 Å². The summed E-state index contributed by atoms with van der Waals surface area (Å²) < 4.78 is 16.0. The molecule has 2 aliphatic rings. The molecule has 0 bridgehead atoms. The standard InChI is InChI=1S/C18H22ClNO6/c1-18(2)25-10-13(26-18)15(21)14(19)16(22)20-12(9-24-17(20)23)8-11-6-4-3-5-7-11/h3-7,12-15,21H,8-10H2,1-2H3/t12-,13+,14-,15+/m0/s1. The zero-order valence-corrected chi connectivity index (χ0v) is 15.4. The third-order valence-corrected chi connectivity index (χ3v) is 4.90. The number of ether oxygens (including phenoxy) is 3. The molecule has 2 aliphatic heterocycles. The molecule has 0 radical (unpaired) electrons. The molecule has 1 N–H and O–H groups in total. The summed E-state index contributed by atoms with van der Waals surface area (Å²) in [6.45, 7) is 3.62. The van der Waals surface area contributed by atoms with E-state index >= 15 is 0 Å². The summed E-state index contributed by atoms with van der Waals surface area (Å²) >= 11 is 6.18. The lowest BCUT2D eigenvalue weighted by molar-refractivity contribution is -0.154. The van der Waals surface area contributed by atoms with Gasteiger partial charge < -0.3 is 19.3 Å². The van der Waals surface area contributed by atoms with Crippen molar-refractivity contribution in [1.29, 1.82) is 0 Å². The van der Waals surface area contributed by atoms with E-state index in [1.54, 1.807) is 13.8 Å². The van der Waals surface area contributed by atoms with Gasteiger partial charge in [0.05, 0.1) is 12.6 Å². The minimum absolute atomic E-state index is 0.0925. The van der Waals surface area contributed by atoms with Crippen molar-refractivity contribution in [2.45, 2.75) is 49.7 Å². The van der Waals surface area contributed by atoms with Crippen molar-refractivity contribution in [3.63, 3.8) is 0 Å². The molecule has 0 aromatic heterocycles. The Labute approximate surface area is 156 Å². The van der Waals surface area contributed by atoms with E-state index in [0.29, 0.717) is 6.42 Å². The number of rotatable bonds is 5. The maximum atomic E-state index is 12.8. The monoisotopic (exact) mass is 383 g/mol. The molecule has 0 unspecified atom stereocenters. The van der Waals surface area contributed by atoms with E-state index in [9.17, 15) is 14.7 Å². The normalized spacial score (nSPS) is 27.2. The van der Waals surface area contributed by atoms with Crippen LogP contribution < -0.4 is 0 Å². The second-order valence-corrected chi connectivity index (χ2v) is 7.36. The van der Waals surface area contributed by atoms with E-state index < -0.39 is 41.4 Å². The number of benzene rings is 1. The van der Waals surface area contributed by atoms with Crippen LogP contribution in [0.1, 0.15) is 19.4 Å². The summed E-state index contributed by atoms with van der Waals surface area (Å²) in [5, 5.41) is 9.06. The van der Waals surface area contributed by atoms with Crippen LogP contribution >= 0.6 is 11.6 Å². The smallest absolute Gasteiger partial charge is 0.417 e. The van der Waals surface area contributed by atoms with Crippen molar-refractivity contribution >= 4 is 23.6 Å². The van der Waals surface area contributed by atoms with Crippen LogP contribution in [0, 0.1) is 0 Å². The lowest BCUT2D eigenvalue weighted by atomic mass is 10.0. The number of amides is 2. The third kappa shape index (κ3) is 4.01. The molecule has 2 amide bonds. The number of alkyl halides is 1. The van der Waals surface area contributed by atoms with Gasteiger partial charge in [-0.2, -0.15) is 0 Å². The fraction of sp³-hybridized carbons (Fsp3) is 0.556. The van der Waals surface area contributed by atoms with E-state index in [2.05, 4.69) is 0 Å². The molecule has 2 fully saturated rings. The van der Waals surface area contributed by atoms with Crippen molar-refractivity contribution in [3.8, 4) is 0 Å². The van der Waals surface area contributed by atoms with Crippen LogP contribution in [0.5, 0.6) is 0 Å². The predicted octanol–water partition coefficient (Wildman–Crippen LogP) is 1.70. The van der Waals surface area contributed by atoms with E-state index in [0.717, 1.165) is 10.5 Å². The first kappa shape index (κ1) is 19.1. The first-order valence-corrected chi connectivity index (χ1v) is 8.90. The average molecular weight is 384 g/mol. The Kier molecular flexibility index (Phi) is 5.53. The second-order valence-electron chi connectivity index (χ2n) is 6.89. The SMILES string of the molecule is CC1(C)OC[C@H]([C@@H](O)[C@H](Cl)C(=O)N2C(=O)OC[C@@H]2Cc2ccccc2)O1. The summed E-state index contributed by atoms with van der Waals surface area (Å²) in [5.74, 6) is -1.55. The lowest BCUT2D eigenvalue weighted by Gasteiger charge is -2.27. The predicted molar refractivity (Wildman–Crippen MR) is 92.7 cm³/mol. The molecule has 3 rings (SSSR count). The van der Waals surface area contributed by atoms with Gasteiger partial charge in [0.1, 0.15) is 24.2 Å². The molecule has 2 heterocycles. The first-order valence-electron chi connectivity index (χ1n) is 8.46. The number of hydrogen-bond acceptors (Lipinski definition) is 6. The van der Waals surface area contributed by atoms with Gasteiger partial charge in [0.15, 0.2) is 5.79 Å². The Morgan fingerprint density at radius 3 is 2.65 bits per heavy atom. The van der Waals surface area contributed by atoms with Crippen LogP contribution in [0.3, 0.4) is 0 Å². The van der Waals surface area contributed by atoms with E-state index in [4.69, 9.17) is 25.8 Å². The maximum Gasteiger partial charge on any atom is 0.417 e. The van der Waals surface area contributed by atoms with Crippen molar-refractivity contribution < 1.29 is 28.9 Å². The van der Waals surface area contributed by atoms with Crippen molar-refractivity contribution in [2.75, 3.05) is 13.2 Å². The van der Waals surface area contributed by atoms with Gasteiger partial charge in [-0.05, 0) is 25.8 Å². The Morgan fingerprint density at radius 1 is 1.35 bits per heavy atom. The number of hydrogen-bond donors (Lipinski definition) is 1. The number of carbonyl (C=O) groups is 2. The van der Waals surface area contributed by atoms with Crippen LogP contribution in [0.4, 0.5) is 4.79 Å². The van der Waals surface area contributed by atoms with E-state index in [1.165, 1.54) is 0 Å². The molecule has 1 aromatic carbocycles. The fourth-order valence-corrected chi connectivity index (χ4v) is 3.39. The highest BCUT2D eigenvalue weighted by Gasteiger charge is 2.46. The summed E-state index contributed by atoms with van der Waals surface area (Å²) in [7, 11) is 0. The number of imide groups is 1. The van der Waals surface area contributed by atoms with Gasteiger partial charge in [-0.3, -0.25) is 4.79 Å². The molecule has 142 valence electrons. The molecule has 7 nitrogen and oxygen atoms in total. The summed E-state index contributed by atoms with van der Waals surface area (Å²) in [6, 6.07) is 9.00. The third-order valence-electron chi connectivity index (χ3n) is 4.46. The number of aliphatic hydroxyl groups is 1. The van der Waals surface area contributed by atoms with Gasteiger partial charge in [-0.25, -0.2) is 9.69 Å². The average Bonchev–Trinajstić information content (AvgIpc) is 3.16. The molecule has 8 heteroatoms. The molecular formula is C18H22ClNO6. The maximum absolute atomic E-state index is 12.8. The lowest BCUT2D eigenvalue weighted by Crippen LogP contribution is -2.50. The van der Waals surface area contributed by atoms with Crippen LogP contribution in [-0.2, 0) is 25.4 Å². The Morgan fingerprint density at radius 2 is 2.04 bits per heavy atom. The van der Waals surface area contributed by atoms with E-state index in [-0.39, 0.29) is 13.2 Å². The molecule has 2 saturated heterocycles. The molecule has 1 aromatic rings. The minimum atomic E-state index is -1.35. The largest absolute Gasteiger partial charge is 0.447 e. The summed E-state index contributed by atoms with van der Waals surface area (Å²) in [6.07, 6.45) is -2.36. The number of carbonyl (C=O) groups excluding carboxylic acids is 2. The van der Waals surface area contributed by atoms with Crippen LogP contribution in [0.2, 0.25) is 0 Å². The molecule has 4 atom stereocenters. The second kappa shape index (κ2) is 7.52. The number of aliphatic hydroxyl groups excluding tert-OH is 1. The first-order chi connectivity index (χ1) is 12.3. The zero-order valence-electron chi connectivity index (χ0n) is 14.6. The Balaban J connectivity index is 1.69. The van der Waals surface area contributed by atoms with Gasteiger partial charge >= 0.3 is 6.09 Å². The fourth-order valence-electron chi connectivity index (χ4n) is 3.12. The summed E-state index contributed by atoms with van der Waals surface area (Å²) in [5.41, 5.74) is 0.967. The van der Waals surface area contributed by atoms with Gasteiger partial charge in [-0.15, -0.1) is 11.6 Å². The topological polar surface area (TPSA) is 85.3 Å². The van der Waals surface area contributed by atoms with Gasteiger partial charge in [0, 0.05) is 0 Å². The molecule has 0 saturated carbocycles. The van der Waals surface area contributed by atoms with Gasteiger partial charge in [0.25, 0.3) is 5.91 Å². The Bertz CT molecular complexity index is 667. The Hall–Kier alpha value is -1.67. The zero-order chi connectivity index (χ0) is 18.9.